The average Bonchev–Trinajstić information content (AvgIpc) is 3.49. The number of imide groups is 1. The largest absolute Gasteiger partial charge is 0.452 e. The molecule has 1 saturated carbocycles. The summed E-state index contributed by atoms with van der Waals surface area (Å²) in [6.45, 7) is 2.88. The molecule has 2 aliphatic rings. The Labute approximate surface area is 167 Å². The smallest absolute Gasteiger partial charge is 0.338 e. The van der Waals surface area contributed by atoms with Crippen molar-refractivity contribution in [1.29, 1.82) is 0 Å². The zero-order chi connectivity index (χ0) is 21.0. The number of hydrogen-bond acceptors (Lipinski definition) is 7. The van der Waals surface area contributed by atoms with Gasteiger partial charge in [-0.05, 0) is 43.7 Å². The first kappa shape index (κ1) is 20.6. The van der Waals surface area contributed by atoms with Gasteiger partial charge in [-0.1, -0.05) is 6.92 Å². The topological polar surface area (TPSA) is 131 Å². The van der Waals surface area contributed by atoms with Crippen LogP contribution in [0.4, 0.5) is 16.2 Å². The third kappa shape index (κ3) is 5.66. The van der Waals surface area contributed by atoms with E-state index in [2.05, 4.69) is 17.6 Å². The summed E-state index contributed by atoms with van der Waals surface area (Å²) in [4.78, 5) is 48.3. The van der Waals surface area contributed by atoms with Gasteiger partial charge in [-0.3, -0.25) is 20.2 Å². The van der Waals surface area contributed by atoms with E-state index in [0.717, 1.165) is 38.3 Å². The number of benzene rings is 1. The fraction of sp³-hybridized carbons (Fsp3) is 0.526. The SMILES string of the molecule is C[C@H]1CCCN(c2ccc(C(=O)OCC(=O)NC(=O)NC3CC3)cc2[N+](=O)[O-])C1. The van der Waals surface area contributed by atoms with E-state index in [1.165, 1.54) is 12.1 Å². The van der Waals surface area contributed by atoms with Crippen molar-refractivity contribution in [2.24, 2.45) is 5.92 Å². The van der Waals surface area contributed by atoms with Crippen LogP contribution in [0.25, 0.3) is 0 Å². The Hall–Kier alpha value is -3.17. The molecule has 10 heteroatoms. The summed E-state index contributed by atoms with van der Waals surface area (Å²) in [5.41, 5.74) is 0.259. The molecule has 1 aromatic rings. The van der Waals surface area contributed by atoms with Crippen LogP contribution in [0.2, 0.25) is 0 Å². The lowest BCUT2D eigenvalue weighted by Gasteiger charge is -2.32. The molecule has 0 unspecified atom stereocenters. The molecule has 2 N–H and O–H groups in total. The monoisotopic (exact) mass is 404 g/mol. The average molecular weight is 404 g/mol. The molecule has 0 aromatic heterocycles. The van der Waals surface area contributed by atoms with Crippen molar-refractivity contribution in [1.82, 2.24) is 10.6 Å². The second-order valence-corrected chi connectivity index (χ2v) is 7.53. The highest BCUT2D eigenvalue weighted by atomic mass is 16.6. The van der Waals surface area contributed by atoms with Gasteiger partial charge >= 0.3 is 12.0 Å². The van der Waals surface area contributed by atoms with Crippen LogP contribution < -0.4 is 15.5 Å². The van der Waals surface area contributed by atoms with Crippen molar-refractivity contribution in [3.63, 3.8) is 0 Å². The fourth-order valence-corrected chi connectivity index (χ4v) is 3.30. The molecule has 1 atom stereocenters. The minimum atomic E-state index is -0.871. The first-order valence-electron chi connectivity index (χ1n) is 9.64. The normalized spacial score (nSPS) is 18.7. The standard InChI is InChI=1S/C19H24N4O6/c1-12-3-2-8-22(10-12)15-7-4-13(9-16(15)23(27)28)18(25)29-11-17(24)21-19(26)20-14-5-6-14/h4,7,9,12,14H,2-3,5-6,8,10-11H2,1H3,(H2,20,21,24,26)/t12-/m0/s1. The number of anilines is 1. The highest BCUT2D eigenvalue weighted by Gasteiger charge is 2.26. The van der Waals surface area contributed by atoms with Gasteiger partial charge in [0, 0.05) is 25.2 Å². The van der Waals surface area contributed by atoms with Gasteiger partial charge in [-0.2, -0.15) is 0 Å². The summed E-state index contributed by atoms with van der Waals surface area (Å²) >= 11 is 0. The molecule has 3 amide bonds. The van der Waals surface area contributed by atoms with Crippen molar-refractivity contribution in [2.75, 3.05) is 24.6 Å². The number of piperidine rings is 1. The van der Waals surface area contributed by atoms with Crippen LogP contribution in [0.5, 0.6) is 0 Å². The third-order valence-corrected chi connectivity index (χ3v) is 4.91. The van der Waals surface area contributed by atoms with E-state index in [1.54, 1.807) is 0 Å². The van der Waals surface area contributed by atoms with Gasteiger partial charge in [0.05, 0.1) is 10.5 Å². The van der Waals surface area contributed by atoms with Gasteiger partial charge in [-0.15, -0.1) is 0 Å². The number of ether oxygens (including phenoxy) is 1. The second-order valence-electron chi connectivity index (χ2n) is 7.53. The number of amides is 3. The molecule has 156 valence electrons. The highest BCUT2D eigenvalue weighted by Crippen LogP contribution is 2.32. The molecular weight excluding hydrogens is 380 g/mol. The molecule has 1 aliphatic heterocycles. The Kier molecular flexibility index (Phi) is 6.30. The number of esters is 1. The summed E-state index contributed by atoms with van der Waals surface area (Å²) in [6, 6.07) is 3.60. The number of carbonyl (C=O) groups excluding carboxylic acids is 3. The molecular formula is C19H24N4O6. The molecule has 1 heterocycles. The molecule has 1 saturated heterocycles. The number of carbonyl (C=O) groups is 3. The van der Waals surface area contributed by atoms with Gasteiger partial charge in [0.25, 0.3) is 11.6 Å². The van der Waals surface area contributed by atoms with E-state index in [9.17, 15) is 24.5 Å². The van der Waals surface area contributed by atoms with Crippen molar-refractivity contribution in [2.45, 2.75) is 38.6 Å². The number of nitro benzene ring substituents is 1. The molecule has 1 aliphatic carbocycles. The van der Waals surface area contributed by atoms with E-state index in [4.69, 9.17) is 4.74 Å². The van der Waals surface area contributed by atoms with Crippen LogP contribution >= 0.6 is 0 Å². The zero-order valence-electron chi connectivity index (χ0n) is 16.2. The van der Waals surface area contributed by atoms with Gasteiger partial charge in [0.15, 0.2) is 6.61 Å². The van der Waals surface area contributed by atoms with Crippen molar-refractivity contribution >= 4 is 29.3 Å². The van der Waals surface area contributed by atoms with E-state index in [-0.39, 0.29) is 17.3 Å². The van der Waals surface area contributed by atoms with Crippen molar-refractivity contribution in [3.05, 3.63) is 33.9 Å². The molecule has 2 fully saturated rings. The molecule has 10 nitrogen and oxygen atoms in total. The summed E-state index contributed by atoms with van der Waals surface area (Å²) in [6.07, 6.45) is 3.78. The van der Waals surface area contributed by atoms with Crippen LogP contribution in [0.3, 0.4) is 0 Å². The minimum absolute atomic E-state index is 0.0271. The molecule has 29 heavy (non-hydrogen) atoms. The molecule has 0 spiro atoms. The Morgan fingerprint density at radius 2 is 2.03 bits per heavy atom. The fourth-order valence-electron chi connectivity index (χ4n) is 3.30. The van der Waals surface area contributed by atoms with E-state index >= 15 is 0 Å². The first-order chi connectivity index (χ1) is 13.8. The Morgan fingerprint density at radius 1 is 1.28 bits per heavy atom. The first-order valence-corrected chi connectivity index (χ1v) is 9.64. The summed E-state index contributed by atoms with van der Waals surface area (Å²) in [5, 5.41) is 16.2. The Balaban J connectivity index is 1.61. The quantitative estimate of drug-likeness (QED) is 0.421. The lowest BCUT2D eigenvalue weighted by molar-refractivity contribution is -0.384. The molecule has 1 aromatic carbocycles. The number of urea groups is 1. The van der Waals surface area contributed by atoms with Crippen LogP contribution in [0.15, 0.2) is 18.2 Å². The molecule has 3 rings (SSSR count). The minimum Gasteiger partial charge on any atom is -0.452 e. The lowest BCUT2D eigenvalue weighted by Crippen LogP contribution is -2.42. The second kappa shape index (κ2) is 8.89. The van der Waals surface area contributed by atoms with Gasteiger partial charge in [0.1, 0.15) is 5.69 Å². The van der Waals surface area contributed by atoms with Crippen LogP contribution in [0, 0.1) is 16.0 Å². The Bertz CT molecular complexity index is 823. The van der Waals surface area contributed by atoms with Crippen LogP contribution in [-0.2, 0) is 9.53 Å². The number of hydrogen-bond donors (Lipinski definition) is 2. The summed E-state index contributed by atoms with van der Waals surface area (Å²) < 4.78 is 4.88. The van der Waals surface area contributed by atoms with Gasteiger partial charge in [0.2, 0.25) is 0 Å². The van der Waals surface area contributed by atoms with Crippen LogP contribution in [-0.4, -0.2) is 48.6 Å². The van der Waals surface area contributed by atoms with E-state index in [1.807, 2.05) is 4.90 Å². The highest BCUT2D eigenvalue weighted by molar-refractivity contribution is 5.97. The zero-order valence-corrected chi connectivity index (χ0v) is 16.2. The summed E-state index contributed by atoms with van der Waals surface area (Å²) in [7, 11) is 0. The molecule has 0 radical (unpaired) electrons. The predicted octanol–water partition coefficient (Wildman–Crippen LogP) is 1.98. The predicted molar refractivity (Wildman–Crippen MR) is 104 cm³/mol. The molecule has 0 bridgehead atoms. The van der Waals surface area contributed by atoms with E-state index < -0.39 is 29.4 Å². The summed E-state index contributed by atoms with van der Waals surface area (Å²) in [5.74, 6) is -1.21. The number of nitrogens with one attached hydrogen (secondary N) is 2. The van der Waals surface area contributed by atoms with Gasteiger partial charge in [-0.25, -0.2) is 9.59 Å². The lowest BCUT2D eigenvalue weighted by atomic mass is 9.99. The number of nitrogens with zero attached hydrogens (tertiary/aromatic N) is 2. The third-order valence-electron chi connectivity index (χ3n) is 4.91. The van der Waals surface area contributed by atoms with Crippen LogP contribution in [0.1, 0.15) is 43.0 Å². The van der Waals surface area contributed by atoms with Crippen molar-refractivity contribution < 1.29 is 24.0 Å². The maximum absolute atomic E-state index is 12.2. The maximum atomic E-state index is 12.2. The maximum Gasteiger partial charge on any atom is 0.338 e. The van der Waals surface area contributed by atoms with Gasteiger partial charge < -0.3 is 15.0 Å². The number of rotatable bonds is 6. The Morgan fingerprint density at radius 3 is 2.69 bits per heavy atom. The van der Waals surface area contributed by atoms with Crippen molar-refractivity contribution in [3.8, 4) is 0 Å². The number of nitro groups is 1. The van der Waals surface area contributed by atoms with E-state index in [0.29, 0.717) is 18.2 Å².